The lowest BCUT2D eigenvalue weighted by molar-refractivity contribution is 0.0268. The van der Waals surface area contributed by atoms with Gasteiger partial charge in [0.05, 0.1) is 18.1 Å². The van der Waals surface area contributed by atoms with Gasteiger partial charge in [-0.05, 0) is 32.9 Å². The van der Waals surface area contributed by atoms with Crippen LogP contribution in [0.4, 0.5) is 9.18 Å². The molecule has 0 unspecified atom stereocenters. The maximum absolute atomic E-state index is 13.4. The lowest BCUT2D eigenvalue weighted by Gasteiger charge is -2.24. The van der Waals surface area contributed by atoms with Gasteiger partial charge in [0.15, 0.2) is 0 Å². The zero-order chi connectivity index (χ0) is 16.5. The van der Waals surface area contributed by atoms with Crippen LogP contribution >= 0.6 is 11.6 Å². The Balaban J connectivity index is 1.99. The first-order valence-electron chi connectivity index (χ1n) is 6.93. The fourth-order valence-corrected chi connectivity index (χ4v) is 2.19. The summed E-state index contributed by atoms with van der Waals surface area (Å²) in [6.45, 7) is 5.57. The molecule has 0 radical (unpaired) electrons. The number of likely N-dealkylation sites (tertiary alicyclic amines) is 1. The van der Waals surface area contributed by atoms with Gasteiger partial charge >= 0.3 is 6.09 Å². The lowest BCUT2D eigenvalue weighted by Crippen LogP contribution is -2.36. The first kappa shape index (κ1) is 16.8. The number of carbonyl (C=O) groups is 1. The van der Waals surface area contributed by atoms with Gasteiger partial charge in [-0.3, -0.25) is 0 Å². The van der Waals surface area contributed by atoms with Crippen molar-refractivity contribution in [1.82, 2.24) is 4.90 Å². The molecule has 7 heteroatoms. The van der Waals surface area contributed by atoms with Crippen molar-refractivity contribution in [3.63, 3.8) is 0 Å². The molecular weight excluding hydrogens is 313 g/mol. The van der Waals surface area contributed by atoms with Crippen molar-refractivity contribution in [2.24, 2.45) is 0 Å². The Morgan fingerprint density at radius 1 is 1.41 bits per heavy atom. The van der Waals surface area contributed by atoms with Crippen LogP contribution in [0.1, 0.15) is 20.8 Å². The monoisotopic (exact) mass is 331 g/mol. The van der Waals surface area contributed by atoms with Gasteiger partial charge in [0.1, 0.15) is 29.4 Å². The van der Waals surface area contributed by atoms with E-state index in [0.29, 0.717) is 0 Å². The molecule has 0 bridgehead atoms. The van der Waals surface area contributed by atoms with Crippen LogP contribution < -0.4 is 4.74 Å². The van der Waals surface area contributed by atoms with Crippen LogP contribution in [0.3, 0.4) is 0 Å². The third-order valence-corrected chi connectivity index (χ3v) is 3.37. The van der Waals surface area contributed by atoms with Crippen LogP contribution in [0.15, 0.2) is 18.2 Å². The van der Waals surface area contributed by atoms with Crippen LogP contribution in [-0.4, -0.2) is 47.0 Å². The molecule has 0 aromatic heterocycles. The molecule has 1 N–H and O–H groups in total. The Morgan fingerprint density at radius 3 is 2.68 bits per heavy atom. The van der Waals surface area contributed by atoms with E-state index in [1.54, 1.807) is 20.8 Å². The number of carbonyl (C=O) groups excluding carboxylic acids is 1. The van der Waals surface area contributed by atoms with Crippen LogP contribution in [0.2, 0.25) is 5.02 Å². The van der Waals surface area contributed by atoms with Crippen LogP contribution in [-0.2, 0) is 4.74 Å². The van der Waals surface area contributed by atoms with E-state index < -0.39 is 29.7 Å². The van der Waals surface area contributed by atoms with Gasteiger partial charge in [-0.25, -0.2) is 9.18 Å². The third-order valence-electron chi connectivity index (χ3n) is 3.07. The second-order valence-corrected chi connectivity index (χ2v) is 6.59. The second-order valence-electron chi connectivity index (χ2n) is 6.18. The Bertz CT molecular complexity index is 561. The van der Waals surface area contributed by atoms with E-state index in [1.807, 2.05) is 0 Å². The lowest BCUT2D eigenvalue weighted by atomic mass is 10.2. The maximum atomic E-state index is 13.4. The molecule has 1 aliphatic heterocycles. The van der Waals surface area contributed by atoms with Gasteiger partial charge in [-0.15, -0.1) is 0 Å². The summed E-state index contributed by atoms with van der Waals surface area (Å²) in [6, 6.07) is 4.03. The van der Waals surface area contributed by atoms with Crippen molar-refractivity contribution in [2.75, 3.05) is 13.1 Å². The number of β-amino-alcohol motifs (C(OH)–C–C–N with tert-alkyl or cyclic N) is 1. The molecule has 1 saturated heterocycles. The number of hydrogen-bond donors (Lipinski definition) is 1. The predicted molar refractivity (Wildman–Crippen MR) is 79.6 cm³/mol. The number of ether oxygens (including phenoxy) is 2. The standard InChI is InChI=1S/C15H19ClFNO4/c1-15(2,3)22-14(20)18-7-12(19)13(8-18)21-9-4-5-10(16)11(17)6-9/h4-6,12-13,19H,7-8H2,1-3H3/t12-,13+/m0/s1. The summed E-state index contributed by atoms with van der Waals surface area (Å²) in [4.78, 5) is 13.3. The number of nitrogens with zero attached hydrogens (tertiary/aromatic N) is 1. The van der Waals surface area contributed by atoms with Gasteiger partial charge in [0.2, 0.25) is 0 Å². The molecule has 1 aromatic carbocycles. The van der Waals surface area contributed by atoms with E-state index in [9.17, 15) is 14.3 Å². The minimum absolute atomic E-state index is 0.00491. The molecule has 122 valence electrons. The highest BCUT2D eigenvalue weighted by molar-refractivity contribution is 6.30. The number of rotatable bonds is 2. The Labute approximate surface area is 133 Å². The molecule has 0 aliphatic carbocycles. The number of halogens is 2. The SMILES string of the molecule is CC(C)(C)OC(=O)N1C[C@H](O)[C@H](Oc2ccc(Cl)c(F)c2)C1. The molecule has 2 rings (SSSR count). The van der Waals surface area contributed by atoms with E-state index in [4.69, 9.17) is 21.1 Å². The molecule has 22 heavy (non-hydrogen) atoms. The molecule has 1 amide bonds. The maximum Gasteiger partial charge on any atom is 0.410 e. The summed E-state index contributed by atoms with van der Waals surface area (Å²) in [5.74, 6) is -0.354. The van der Waals surface area contributed by atoms with Crippen molar-refractivity contribution in [2.45, 2.75) is 38.6 Å². The Hall–Kier alpha value is -1.53. The molecule has 5 nitrogen and oxygen atoms in total. The Morgan fingerprint density at radius 2 is 2.09 bits per heavy atom. The minimum atomic E-state index is -0.869. The third kappa shape index (κ3) is 4.24. The van der Waals surface area contributed by atoms with Crippen molar-refractivity contribution < 1.29 is 23.8 Å². The molecular formula is C15H19ClFNO4. The smallest absolute Gasteiger partial charge is 0.410 e. The Kier molecular flexibility index (Phi) is 4.82. The zero-order valence-electron chi connectivity index (χ0n) is 12.7. The average molecular weight is 332 g/mol. The molecule has 0 spiro atoms. The van der Waals surface area contributed by atoms with Crippen LogP contribution in [0.5, 0.6) is 5.75 Å². The van der Waals surface area contributed by atoms with Crippen molar-refractivity contribution >= 4 is 17.7 Å². The number of benzene rings is 1. The van der Waals surface area contributed by atoms with Gasteiger partial charge in [-0.1, -0.05) is 11.6 Å². The topological polar surface area (TPSA) is 59.0 Å². The molecule has 1 aliphatic rings. The van der Waals surface area contributed by atoms with E-state index in [-0.39, 0.29) is 23.9 Å². The minimum Gasteiger partial charge on any atom is -0.486 e. The average Bonchev–Trinajstić information content (AvgIpc) is 2.74. The second kappa shape index (κ2) is 6.30. The molecule has 1 fully saturated rings. The summed E-state index contributed by atoms with van der Waals surface area (Å²) < 4.78 is 24.2. The van der Waals surface area contributed by atoms with Gasteiger partial charge in [0.25, 0.3) is 0 Å². The zero-order valence-corrected chi connectivity index (χ0v) is 13.4. The predicted octanol–water partition coefficient (Wildman–Crippen LogP) is 2.84. The summed E-state index contributed by atoms with van der Waals surface area (Å²) in [6.07, 6.45) is -2.03. The molecule has 2 atom stereocenters. The first-order chi connectivity index (χ1) is 10.2. The highest BCUT2D eigenvalue weighted by Crippen LogP contribution is 2.24. The molecule has 1 aromatic rings. The number of aliphatic hydroxyl groups is 1. The first-order valence-corrected chi connectivity index (χ1v) is 7.31. The van der Waals surface area contributed by atoms with Gasteiger partial charge in [-0.2, -0.15) is 0 Å². The van der Waals surface area contributed by atoms with E-state index in [1.165, 1.54) is 17.0 Å². The quantitative estimate of drug-likeness (QED) is 0.905. The van der Waals surface area contributed by atoms with E-state index in [2.05, 4.69) is 0 Å². The van der Waals surface area contributed by atoms with E-state index in [0.717, 1.165) is 6.07 Å². The molecule has 0 saturated carbocycles. The van der Waals surface area contributed by atoms with Gasteiger partial charge in [0, 0.05) is 6.07 Å². The highest BCUT2D eigenvalue weighted by atomic mass is 35.5. The largest absolute Gasteiger partial charge is 0.486 e. The van der Waals surface area contributed by atoms with Gasteiger partial charge < -0.3 is 19.5 Å². The normalized spacial score (nSPS) is 21.8. The molecule has 1 heterocycles. The summed E-state index contributed by atoms with van der Waals surface area (Å²) in [5.41, 5.74) is -0.611. The van der Waals surface area contributed by atoms with Crippen LogP contribution in [0.25, 0.3) is 0 Å². The van der Waals surface area contributed by atoms with Crippen molar-refractivity contribution in [1.29, 1.82) is 0 Å². The van der Waals surface area contributed by atoms with Crippen LogP contribution in [0, 0.1) is 5.82 Å². The summed E-state index contributed by atoms with van der Waals surface area (Å²) in [7, 11) is 0. The number of amides is 1. The fraction of sp³-hybridized carbons (Fsp3) is 0.533. The van der Waals surface area contributed by atoms with Crippen molar-refractivity contribution in [3.8, 4) is 5.75 Å². The van der Waals surface area contributed by atoms with E-state index >= 15 is 0 Å². The summed E-state index contributed by atoms with van der Waals surface area (Å²) >= 11 is 5.60. The number of hydrogen-bond acceptors (Lipinski definition) is 4. The number of aliphatic hydroxyl groups excluding tert-OH is 1. The van der Waals surface area contributed by atoms with Crippen molar-refractivity contribution in [3.05, 3.63) is 29.0 Å². The summed E-state index contributed by atoms with van der Waals surface area (Å²) in [5, 5.41) is 9.99. The highest BCUT2D eigenvalue weighted by Gasteiger charge is 2.37. The fourth-order valence-electron chi connectivity index (χ4n) is 2.07.